The molecule has 0 aliphatic carbocycles. The number of Topliss-reactive ketones (excluding diaryl/α,β-unsaturated/α-hetero) is 1. The SMILES string of the molecule is C=CC(=O)OCC(C)(C)C(=O)C(=O)N1CCCC[C@H]1C(=O)O[C@H](CCc1ccc(OC)c(OC)c1)c1cncc(OCC(=O)N(C)[C@@H](Cc2ccc(O)cc2)C(=O)N[C@H](Cc2ccccc2)C(=O)N(C)CC(=O)NCC(=O)N(C)CC)c1. The smallest absolute Gasteiger partial charge is 0.330 e. The normalized spacial score (nSPS) is 14.1. The number of likely N-dealkylation sites (N-methyl/N-ethyl adjacent to an activating group) is 3. The second-order valence-electron chi connectivity index (χ2n) is 20.5. The number of likely N-dealkylation sites (tertiary alicyclic amines) is 1. The van der Waals surface area contributed by atoms with E-state index in [1.54, 1.807) is 74.6 Å². The van der Waals surface area contributed by atoms with Crippen molar-refractivity contribution in [3.05, 3.63) is 126 Å². The minimum atomic E-state index is -1.42. The molecule has 3 aromatic carbocycles. The average Bonchev–Trinajstić information content (AvgIpc) is 3.51. The number of nitrogens with zero attached hydrogens (tertiary/aromatic N) is 5. The van der Waals surface area contributed by atoms with Gasteiger partial charge < -0.3 is 59.0 Å². The molecule has 22 nitrogen and oxygen atoms in total. The van der Waals surface area contributed by atoms with Gasteiger partial charge in [-0.05, 0) is 99.9 Å². The van der Waals surface area contributed by atoms with Crippen molar-refractivity contribution in [2.24, 2.45) is 5.41 Å². The van der Waals surface area contributed by atoms with E-state index in [1.807, 2.05) is 6.07 Å². The molecular formula is C60H75N7O15. The molecule has 0 spiro atoms. The van der Waals surface area contributed by atoms with Gasteiger partial charge in [0, 0.05) is 64.9 Å². The van der Waals surface area contributed by atoms with Crippen molar-refractivity contribution in [1.82, 2.24) is 35.2 Å². The fraction of sp³-hybridized carbons (Fsp3) is 0.433. The van der Waals surface area contributed by atoms with Crippen LogP contribution in [0.3, 0.4) is 0 Å². The maximum absolute atomic E-state index is 14.6. The Morgan fingerprint density at radius 1 is 0.841 bits per heavy atom. The molecule has 82 heavy (non-hydrogen) atoms. The number of ether oxygens (including phenoxy) is 5. The summed E-state index contributed by atoms with van der Waals surface area (Å²) in [5.74, 6) is -5.17. The fourth-order valence-corrected chi connectivity index (χ4v) is 8.85. The number of aryl methyl sites for hydroxylation is 1. The van der Waals surface area contributed by atoms with Crippen LogP contribution < -0.4 is 24.8 Å². The summed E-state index contributed by atoms with van der Waals surface area (Å²) in [4.78, 5) is 131. The van der Waals surface area contributed by atoms with E-state index in [2.05, 4.69) is 22.2 Å². The van der Waals surface area contributed by atoms with Crippen molar-refractivity contribution in [3.63, 3.8) is 0 Å². The van der Waals surface area contributed by atoms with Crippen molar-refractivity contribution in [3.8, 4) is 23.0 Å². The van der Waals surface area contributed by atoms with Crippen molar-refractivity contribution in [1.29, 1.82) is 0 Å². The molecule has 1 aromatic heterocycles. The summed E-state index contributed by atoms with van der Waals surface area (Å²) in [5.41, 5.74) is 0.996. The Labute approximate surface area is 478 Å². The number of benzene rings is 3. The molecule has 0 unspecified atom stereocenters. The van der Waals surface area contributed by atoms with Gasteiger partial charge in [0.25, 0.3) is 11.8 Å². The van der Waals surface area contributed by atoms with Crippen LogP contribution in [0.4, 0.5) is 0 Å². The van der Waals surface area contributed by atoms with Crippen LogP contribution in [0.2, 0.25) is 0 Å². The first-order valence-corrected chi connectivity index (χ1v) is 26.9. The van der Waals surface area contributed by atoms with Crippen molar-refractivity contribution >= 4 is 53.2 Å². The van der Waals surface area contributed by atoms with Crippen LogP contribution in [0, 0.1) is 5.41 Å². The van der Waals surface area contributed by atoms with Gasteiger partial charge in [-0.2, -0.15) is 0 Å². The lowest BCUT2D eigenvalue weighted by molar-refractivity contribution is -0.165. The molecule has 1 saturated heterocycles. The summed E-state index contributed by atoms with van der Waals surface area (Å²) >= 11 is 0. The van der Waals surface area contributed by atoms with Gasteiger partial charge in [-0.3, -0.25) is 38.5 Å². The Balaban J connectivity index is 1.38. The maximum atomic E-state index is 14.6. The van der Waals surface area contributed by atoms with Crippen LogP contribution in [0.5, 0.6) is 23.0 Å². The Hall–Kier alpha value is -8.82. The van der Waals surface area contributed by atoms with Crippen LogP contribution in [-0.2, 0) is 71.9 Å². The van der Waals surface area contributed by atoms with Gasteiger partial charge in [0.2, 0.25) is 29.4 Å². The maximum Gasteiger partial charge on any atom is 0.330 e. The highest BCUT2D eigenvalue weighted by atomic mass is 16.5. The summed E-state index contributed by atoms with van der Waals surface area (Å²) in [6.07, 6.45) is 4.50. The van der Waals surface area contributed by atoms with E-state index in [0.29, 0.717) is 54.0 Å². The van der Waals surface area contributed by atoms with Gasteiger partial charge in [0.1, 0.15) is 42.3 Å². The second-order valence-corrected chi connectivity index (χ2v) is 20.5. The Kier molecular flexibility index (Phi) is 23.9. The molecule has 1 aliphatic heterocycles. The number of nitrogens with one attached hydrogen (secondary N) is 2. The van der Waals surface area contributed by atoms with E-state index in [-0.39, 0.29) is 56.2 Å². The first kappa shape index (κ1) is 64.0. The second kappa shape index (κ2) is 30.7. The number of carbonyl (C=O) groups excluding carboxylic acids is 9. The highest BCUT2D eigenvalue weighted by Gasteiger charge is 2.43. The molecule has 0 saturated carbocycles. The van der Waals surface area contributed by atoms with Crippen LogP contribution in [0.25, 0.3) is 0 Å². The molecule has 1 fully saturated rings. The van der Waals surface area contributed by atoms with Gasteiger partial charge in [0.15, 0.2) is 18.1 Å². The molecule has 5 rings (SSSR count). The average molecular weight is 1130 g/mol. The van der Waals surface area contributed by atoms with Crippen molar-refractivity contribution < 1.29 is 71.9 Å². The number of aromatic nitrogens is 1. The summed E-state index contributed by atoms with van der Waals surface area (Å²) in [7, 11) is 7.42. The zero-order chi connectivity index (χ0) is 60.1. The number of carbonyl (C=O) groups is 9. The molecule has 4 aromatic rings. The standard InChI is InChI=1S/C60H75N7O15/c1-10-54(72)81-38-60(3,4)55(73)58(76)67-28-16-15-19-46(67)59(77)82-48(26-22-41-23-27-49(78-8)50(31-41)79-9)42-32-44(34-61-33-42)80-37-53(71)66(7)47(30-40-20-24-43(68)25-21-40)56(74)63-45(29-39-17-13-12-14-18-39)57(75)65(6)36-51(69)62-35-52(70)64(5)11-2/h10,12-14,17-18,20-21,23-25,27,31-34,45-48,68H,1,11,15-16,19,22,26,28-30,35-38H2,2-9H3,(H,62,69)(H,63,74)/t45-,46+,47+,48-/m1/s1. The first-order valence-electron chi connectivity index (χ1n) is 26.9. The summed E-state index contributed by atoms with van der Waals surface area (Å²) in [6, 6.07) is 18.2. The highest BCUT2D eigenvalue weighted by molar-refractivity contribution is 6.38. The first-order chi connectivity index (χ1) is 39.1. The zero-order valence-electron chi connectivity index (χ0n) is 47.8. The van der Waals surface area contributed by atoms with E-state index in [4.69, 9.17) is 23.7 Å². The molecule has 440 valence electrons. The molecule has 4 atom stereocenters. The highest BCUT2D eigenvalue weighted by Crippen LogP contribution is 2.32. The quantitative estimate of drug-likeness (QED) is 0.0395. The molecular weight excluding hydrogens is 1060 g/mol. The van der Waals surface area contributed by atoms with Crippen molar-refractivity contribution in [2.75, 3.05) is 74.8 Å². The van der Waals surface area contributed by atoms with E-state index in [9.17, 15) is 48.3 Å². The number of esters is 2. The third-order valence-corrected chi connectivity index (χ3v) is 14.0. The van der Waals surface area contributed by atoms with Gasteiger partial charge in [-0.25, -0.2) is 9.59 Å². The fourth-order valence-electron chi connectivity index (χ4n) is 8.85. The van der Waals surface area contributed by atoms with Crippen LogP contribution in [0.15, 0.2) is 104 Å². The van der Waals surface area contributed by atoms with E-state index in [1.165, 1.54) is 81.4 Å². The van der Waals surface area contributed by atoms with E-state index < -0.39 is 96.7 Å². The molecule has 0 bridgehead atoms. The summed E-state index contributed by atoms with van der Waals surface area (Å²) < 4.78 is 28.3. The van der Waals surface area contributed by atoms with Crippen molar-refractivity contribution in [2.45, 2.75) is 89.9 Å². The molecule has 6 amide bonds. The minimum absolute atomic E-state index is 0.0173. The number of phenolic OH excluding ortho intramolecular Hbond substituents is 1. The number of phenols is 1. The number of rotatable bonds is 29. The molecule has 3 N–H and O–H groups in total. The number of hydrogen-bond donors (Lipinski definition) is 3. The summed E-state index contributed by atoms with van der Waals surface area (Å²) in [6.45, 7) is 6.91. The lowest BCUT2D eigenvalue weighted by Crippen LogP contribution is -2.56. The van der Waals surface area contributed by atoms with Crippen LogP contribution in [0.1, 0.15) is 74.8 Å². The van der Waals surface area contributed by atoms with Crippen LogP contribution >= 0.6 is 0 Å². The topological polar surface area (TPSA) is 270 Å². The predicted molar refractivity (Wildman–Crippen MR) is 300 cm³/mol. The number of amides is 6. The predicted octanol–water partition coefficient (Wildman–Crippen LogP) is 3.96. The van der Waals surface area contributed by atoms with E-state index in [0.717, 1.165) is 16.5 Å². The molecule has 2 heterocycles. The lowest BCUT2D eigenvalue weighted by Gasteiger charge is -2.36. The minimum Gasteiger partial charge on any atom is -0.508 e. The lowest BCUT2D eigenvalue weighted by atomic mass is 9.87. The summed E-state index contributed by atoms with van der Waals surface area (Å²) in [5, 5.41) is 15.4. The van der Waals surface area contributed by atoms with Gasteiger partial charge in [-0.15, -0.1) is 0 Å². The molecule has 1 aliphatic rings. The van der Waals surface area contributed by atoms with Crippen LogP contribution in [-0.4, -0.2) is 176 Å². The number of hydrogen-bond acceptors (Lipinski definition) is 16. The number of ketones is 1. The Morgan fingerprint density at radius 2 is 1.52 bits per heavy atom. The molecule has 0 radical (unpaired) electrons. The van der Waals surface area contributed by atoms with Gasteiger partial charge >= 0.3 is 11.9 Å². The zero-order valence-corrected chi connectivity index (χ0v) is 47.8. The monoisotopic (exact) mass is 1130 g/mol. The Bertz CT molecular complexity index is 2900. The largest absolute Gasteiger partial charge is 0.508 e. The Morgan fingerprint density at radius 3 is 2.20 bits per heavy atom. The number of aromatic hydroxyl groups is 1. The third kappa shape index (κ3) is 18.4. The number of pyridine rings is 1. The number of methoxy groups -OCH3 is 2. The third-order valence-electron chi connectivity index (χ3n) is 14.0. The molecule has 22 heteroatoms. The number of piperidine rings is 1. The van der Waals surface area contributed by atoms with Gasteiger partial charge in [-0.1, -0.05) is 55.1 Å². The van der Waals surface area contributed by atoms with Gasteiger partial charge in [0.05, 0.1) is 38.9 Å². The van der Waals surface area contributed by atoms with E-state index >= 15 is 0 Å².